The summed E-state index contributed by atoms with van der Waals surface area (Å²) in [5.74, 6) is 1.16. The largest absolute Gasteiger partial charge is 0.489 e. The average molecular weight is 1670 g/mol. The number of carbonyl (C=O) groups excluding carboxylic acids is 10. The van der Waals surface area contributed by atoms with E-state index in [2.05, 4.69) is 65.8 Å². The normalized spacial score (nSPS) is 35.5. The van der Waals surface area contributed by atoms with E-state index in [0.29, 0.717) is 128 Å². The Labute approximate surface area is 711 Å². The molecule has 10 saturated carbocycles. The zero-order valence-corrected chi connectivity index (χ0v) is 73.2. The quantitative estimate of drug-likeness (QED) is 0.0198. The first-order valence-corrected chi connectivity index (χ1v) is 46.0. The van der Waals surface area contributed by atoms with E-state index in [1.165, 1.54) is 12.2 Å². The molecule has 12 rings (SSSR count). The molecule has 26 atom stereocenters. The van der Waals surface area contributed by atoms with Crippen molar-refractivity contribution in [1.82, 2.24) is 0 Å². The van der Waals surface area contributed by atoms with Crippen LogP contribution in [-0.4, -0.2) is 137 Å². The number of fused-ring (bicyclic) bond motifs is 10. The van der Waals surface area contributed by atoms with Crippen LogP contribution in [0.4, 0.5) is 0 Å². The minimum atomic E-state index is -0.427. The second-order valence-electron chi connectivity index (χ2n) is 38.9. The Hall–Kier alpha value is -7.78. The van der Waals surface area contributed by atoms with Crippen molar-refractivity contribution < 1.29 is 105 Å². The summed E-state index contributed by atoms with van der Waals surface area (Å²) in [5, 5.41) is 0. The van der Waals surface area contributed by atoms with Crippen LogP contribution in [0.3, 0.4) is 0 Å². The molecule has 0 N–H and O–H groups in total. The number of carbonyl (C=O) groups is 10. The van der Waals surface area contributed by atoms with E-state index in [1.807, 2.05) is 38.1 Å². The van der Waals surface area contributed by atoms with Gasteiger partial charge in [-0.1, -0.05) is 78.6 Å². The van der Waals surface area contributed by atoms with Gasteiger partial charge in [-0.2, -0.15) is 0 Å². The molecule has 0 aromatic heterocycles. The zero-order chi connectivity index (χ0) is 85.5. The van der Waals surface area contributed by atoms with E-state index in [0.717, 1.165) is 125 Å². The molecule has 22 nitrogen and oxygen atoms in total. The first-order valence-electron chi connectivity index (χ1n) is 46.0. The van der Waals surface area contributed by atoms with Crippen molar-refractivity contribution in [1.29, 1.82) is 0 Å². The lowest BCUT2D eigenvalue weighted by molar-refractivity contribution is -0.219. The molecule has 0 aliphatic heterocycles. The van der Waals surface area contributed by atoms with Gasteiger partial charge in [0.1, 0.15) is 73.5 Å². The second kappa shape index (κ2) is 41.6. The lowest BCUT2D eigenvalue weighted by Gasteiger charge is -2.64. The molecule has 662 valence electrons. The van der Waals surface area contributed by atoms with Crippen molar-refractivity contribution in [3.8, 4) is 11.5 Å². The van der Waals surface area contributed by atoms with E-state index < -0.39 is 10.8 Å². The molecule has 120 heavy (non-hydrogen) atoms. The molecule has 22 heteroatoms. The number of benzene rings is 2. The first kappa shape index (κ1) is 91.4. The van der Waals surface area contributed by atoms with Gasteiger partial charge >= 0.3 is 35.8 Å². The molecule has 0 heterocycles. The summed E-state index contributed by atoms with van der Waals surface area (Å²) in [6, 6.07) is 16.0. The molecule has 0 bridgehead atoms. The molecule has 10 fully saturated rings. The highest BCUT2D eigenvalue weighted by atomic mass is 16.6. The van der Waals surface area contributed by atoms with E-state index in [9.17, 15) is 47.9 Å². The minimum Gasteiger partial charge on any atom is -0.489 e. The van der Waals surface area contributed by atoms with Gasteiger partial charge in [0.05, 0.1) is 13.2 Å². The standard InChI is InChI=1S/C98H138O22/c1-11-109-91(107)45-61(3)55-111-71-31-27-65(28-32-71)47-67-19-13-15-21-81(67)119-89(105)39-25-63(5)75-35-37-77-93-79(53-85(115-59-101)97(75,77)9)95(7)43-41-73(49-69(95)51-83(93)113-57-99)117-87(103)23-17-18-24-88(104)118-74-42-44-96(8)70(50-74)52-84(114-58-100)94-78-38-36-76(98(78,10)86(116-60-102)54-80(94)96)64(6)26-40-90(106)120-82-22-16-14-20-68(82)48-66-29-33-72(34-30-66)112-56-62(4)46-92(108)110-12-2/h27-34,45-46,57-60,63-64,67-70,73-86,93-94H,11-26,35-44,47-56H2,1-10H3/b61-45+,62-46+/t63-,64-,67?,68?,69+,70+,73-,74-,75-,76-,77+,78+,79+,80+,81?,82?,83-,84-,85+,86+,93+,94+,95+,96+,97-,98-/m1/s1. The number of rotatable bonds is 39. The smallest absolute Gasteiger partial charge is 0.330 e. The fraction of sp³-hybridized carbons (Fsp3) is 0.735. The first-order chi connectivity index (χ1) is 57.8. The Bertz CT molecular complexity index is 3620. The molecule has 10 aliphatic rings. The molecule has 10 aliphatic carbocycles. The van der Waals surface area contributed by atoms with Crippen molar-refractivity contribution in [2.24, 2.45) is 105 Å². The van der Waals surface area contributed by atoms with Gasteiger partial charge in [0, 0.05) is 60.5 Å². The van der Waals surface area contributed by atoms with Gasteiger partial charge in [0.15, 0.2) is 0 Å². The molecular weight excluding hydrogens is 1530 g/mol. The summed E-state index contributed by atoms with van der Waals surface area (Å²) in [6.07, 6.45) is 23.1. The van der Waals surface area contributed by atoms with Gasteiger partial charge in [0.25, 0.3) is 25.9 Å². The average Bonchev–Trinajstić information content (AvgIpc) is 1.19. The predicted octanol–water partition coefficient (Wildman–Crippen LogP) is 17.6. The van der Waals surface area contributed by atoms with Gasteiger partial charge in [0.2, 0.25) is 0 Å². The molecule has 0 saturated heterocycles. The van der Waals surface area contributed by atoms with Crippen LogP contribution in [0.2, 0.25) is 0 Å². The predicted molar refractivity (Wildman–Crippen MR) is 446 cm³/mol. The fourth-order valence-corrected chi connectivity index (χ4v) is 26.3. The molecule has 2 aromatic carbocycles. The summed E-state index contributed by atoms with van der Waals surface area (Å²) < 4.78 is 71.9. The Balaban J connectivity index is 0.577. The molecule has 0 spiro atoms. The number of hydrogen-bond acceptors (Lipinski definition) is 22. The topological polar surface area (TPSA) is 281 Å². The van der Waals surface area contributed by atoms with Crippen molar-refractivity contribution in [3.63, 3.8) is 0 Å². The lowest BCUT2D eigenvalue weighted by Crippen LogP contribution is -2.63. The van der Waals surface area contributed by atoms with Gasteiger partial charge < -0.3 is 56.8 Å². The molecule has 0 amide bonds. The van der Waals surface area contributed by atoms with Crippen molar-refractivity contribution >= 4 is 61.7 Å². The van der Waals surface area contributed by atoms with E-state index in [1.54, 1.807) is 13.8 Å². The SMILES string of the molecule is CCOC(=O)/C=C(\C)COc1ccc(CC2CCCCC2OC(=O)CC[C@@H](C)[C@H]2CC[C@H]3[C@@H]4[C@H](OC=O)C[C@@H]5C[C@H](OC(=O)CCCCC(=O)O[C@@H]6CC[C@@]7(C)[C@@H](C6)C[C@@H](OC=O)[C@@H]6[C@@H]7C[C@H](OC=O)[C@]7(C)[C@@H]([C@H](C)CCC(=O)OC8CCCCC8Cc8ccc(OC/C(C)=C/C(=O)OCC)cc8)CC[C@@H]67)CC[C@]5(C)[C@H]4C[C@H](OC=O)[C@]23C)cc1. The lowest BCUT2D eigenvalue weighted by atomic mass is 9.43. The summed E-state index contributed by atoms with van der Waals surface area (Å²) in [5.41, 5.74) is 2.56. The highest BCUT2D eigenvalue weighted by molar-refractivity contribution is 5.83. The second-order valence-corrected chi connectivity index (χ2v) is 38.9. The zero-order valence-electron chi connectivity index (χ0n) is 73.2. The molecular formula is C98H138O22. The van der Waals surface area contributed by atoms with Gasteiger partial charge in [-0.3, -0.25) is 38.4 Å². The van der Waals surface area contributed by atoms with E-state index in [4.69, 9.17) is 56.8 Å². The van der Waals surface area contributed by atoms with Crippen LogP contribution >= 0.6 is 0 Å². The third kappa shape index (κ3) is 21.2. The minimum absolute atomic E-state index is 0.0359. The number of unbranched alkanes of at least 4 members (excludes halogenated alkanes) is 1. The Kier molecular flexibility index (Phi) is 31.7. The Morgan fingerprint density at radius 2 is 0.800 bits per heavy atom. The number of ether oxygens (including phenoxy) is 12. The summed E-state index contributed by atoms with van der Waals surface area (Å²) in [7, 11) is 0. The van der Waals surface area contributed by atoms with Crippen molar-refractivity contribution in [2.45, 2.75) is 324 Å². The van der Waals surface area contributed by atoms with Crippen LogP contribution in [0.25, 0.3) is 0 Å². The maximum absolute atomic E-state index is 13.9. The van der Waals surface area contributed by atoms with Gasteiger partial charge in [-0.15, -0.1) is 0 Å². The summed E-state index contributed by atoms with van der Waals surface area (Å²) >= 11 is 0. The molecule has 4 unspecified atom stereocenters. The van der Waals surface area contributed by atoms with Crippen LogP contribution in [0.1, 0.15) is 273 Å². The monoisotopic (exact) mass is 1670 g/mol. The van der Waals surface area contributed by atoms with Gasteiger partial charge in [-0.25, -0.2) is 9.59 Å². The van der Waals surface area contributed by atoms with Crippen LogP contribution in [0.15, 0.2) is 71.8 Å². The van der Waals surface area contributed by atoms with E-state index in [-0.39, 0.29) is 217 Å². The van der Waals surface area contributed by atoms with Crippen LogP contribution in [0, 0.1) is 105 Å². The fourth-order valence-electron chi connectivity index (χ4n) is 26.3. The highest BCUT2D eigenvalue weighted by Crippen LogP contribution is 2.72. The van der Waals surface area contributed by atoms with Crippen molar-refractivity contribution in [2.75, 3.05) is 26.4 Å². The van der Waals surface area contributed by atoms with Crippen molar-refractivity contribution in [3.05, 3.63) is 83.0 Å². The molecule has 2 aromatic rings. The molecule has 0 radical (unpaired) electrons. The highest BCUT2D eigenvalue weighted by Gasteiger charge is 2.70. The number of esters is 6. The third-order valence-electron chi connectivity index (χ3n) is 32.3. The maximum atomic E-state index is 13.9. The Morgan fingerprint density at radius 1 is 0.425 bits per heavy atom. The van der Waals surface area contributed by atoms with Crippen LogP contribution in [-0.2, 0) is 108 Å². The van der Waals surface area contributed by atoms with Crippen LogP contribution < -0.4 is 9.47 Å². The third-order valence-corrected chi connectivity index (χ3v) is 32.3. The van der Waals surface area contributed by atoms with E-state index >= 15 is 0 Å². The van der Waals surface area contributed by atoms with Gasteiger partial charge in [-0.05, 0) is 323 Å². The Morgan fingerprint density at radius 3 is 1.18 bits per heavy atom. The summed E-state index contributed by atoms with van der Waals surface area (Å²) in [4.78, 5) is 129. The number of hydrogen-bond donors (Lipinski definition) is 0. The van der Waals surface area contributed by atoms with Crippen LogP contribution in [0.5, 0.6) is 11.5 Å². The summed E-state index contributed by atoms with van der Waals surface area (Å²) in [6.45, 7) is 24.4. The maximum Gasteiger partial charge on any atom is 0.330 e.